The van der Waals surface area contributed by atoms with Gasteiger partial charge in [0.2, 0.25) is 5.91 Å². The second-order valence-electron chi connectivity index (χ2n) is 5.82. The fourth-order valence-electron chi connectivity index (χ4n) is 2.44. The molecule has 0 bridgehead atoms. The van der Waals surface area contributed by atoms with Crippen LogP contribution in [0.5, 0.6) is 0 Å². The highest BCUT2D eigenvalue weighted by molar-refractivity contribution is 6.15. The van der Waals surface area contributed by atoms with Crippen molar-refractivity contribution in [3.05, 3.63) is 71.2 Å². The van der Waals surface area contributed by atoms with E-state index in [1.165, 1.54) is 24.3 Å². The zero-order valence-corrected chi connectivity index (χ0v) is 14.0. The number of anilines is 1. The number of nitrogens with zero attached hydrogens (tertiary/aromatic N) is 1. The van der Waals surface area contributed by atoms with Crippen molar-refractivity contribution in [2.75, 3.05) is 11.9 Å². The monoisotopic (exact) mass is 353 g/mol. The average molecular weight is 353 g/mol. The molecule has 0 saturated carbocycles. The maximum Gasteiger partial charge on any atom is 0.329 e. The molecular formula is C19H16FN3O3. The normalized spacial score (nSPS) is 15.3. The molecule has 2 aromatic rings. The summed E-state index contributed by atoms with van der Waals surface area (Å²) in [6.45, 7) is 1.43. The van der Waals surface area contributed by atoms with E-state index in [2.05, 4.69) is 10.6 Å². The lowest BCUT2D eigenvalue weighted by Crippen LogP contribution is -2.38. The van der Waals surface area contributed by atoms with Crippen LogP contribution in [0.3, 0.4) is 0 Å². The van der Waals surface area contributed by atoms with Gasteiger partial charge < -0.3 is 10.6 Å². The van der Waals surface area contributed by atoms with E-state index < -0.39 is 30.2 Å². The third-order valence-corrected chi connectivity index (χ3v) is 3.80. The van der Waals surface area contributed by atoms with Crippen LogP contribution in [0.25, 0.3) is 6.08 Å². The number of amides is 4. The lowest BCUT2D eigenvalue weighted by atomic mass is 10.1. The Balaban J connectivity index is 1.70. The minimum Gasteiger partial charge on any atom is -0.322 e. The van der Waals surface area contributed by atoms with Gasteiger partial charge in [-0.2, -0.15) is 0 Å². The summed E-state index contributed by atoms with van der Waals surface area (Å²) in [5.41, 5.74) is 1.88. The van der Waals surface area contributed by atoms with Crippen molar-refractivity contribution in [3.8, 4) is 0 Å². The van der Waals surface area contributed by atoms with Gasteiger partial charge in [-0.05, 0) is 30.7 Å². The zero-order chi connectivity index (χ0) is 18.7. The van der Waals surface area contributed by atoms with Crippen LogP contribution in [-0.4, -0.2) is 29.3 Å². The number of benzene rings is 2. The summed E-state index contributed by atoms with van der Waals surface area (Å²) in [7, 11) is 0. The summed E-state index contributed by atoms with van der Waals surface area (Å²) in [4.78, 5) is 37.2. The van der Waals surface area contributed by atoms with Crippen molar-refractivity contribution in [2.24, 2.45) is 0 Å². The molecule has 4 amide bonds. The first-order chi connectivity index (χ1) is 12.4. The zero-order valence-electron chi connectivity index (χ0n) is 14.0. The van der Waals surface area contributed by atoms with E-state index in [1.54, 1.807) is 6.07 Å². The molecule has 132 valence electrons. The Morgan fingerprint density at radius 1 is 1.15 bits per heavy atom. The smallest absolute Gasteiger partial charge is 0.322 e. The van der Waals surface area contributed by atoms with Gasteiger partial charge in [0, 0.05) is 0 Å². The Kier molecular flexibility index (Phi) is 4.79. The number of hydrogen-bond acceptors (Lipinski definition) is 3. The average Bonchev–Trinajstić information content (AvgIpc) is 2.86. The summed E-state index contributed by atoms with van der Waals surface area (Å²) in [5, 5.41) is 4.78. The molecule has 0 spiro atoms. The second kappa shape index (κ2) is 7.18. The van der Waals surface area contributed by atoms with E-state index in [4.69, 9.17) is 0 Å². The highest BCUT2D eigenvalue weighted by Gasteiger charge is 2.34. The third-order valence-electron chi connectivity index (χ3n) is 3.80. The molecule has 0 radical (unpaired) electrons. The van der Waals surface area contributed by atoms with Crippen molar-refractivity contribution < 1.29 is 18.8 Å². The van der Waals surface area contributed by atoms with Gasteiger partial charge in [-0.25, -0.2) is 14.1 Å². The molecule has 0 unspecified atom stereocenters. The van der Waals surface area contributed by atoms with E-state index >= 15 is 0 Å². The number of nitrogens with one attached hydrogen (secondary N) is 2. The van der Waals surface area contributed by atoms with Crippen molar-refractivity contribution in [1.82, 2.24) is 10.2 Å². The largest absolute Gasteiger partial charge is 0.329 e. The first-order valence-corrected chi connectivity index (χ1v) is 7.89. The summed E-state index contributed by atoms with van der Waals surface area (Å²) in [6.07, 6.45) is 1.54. The number of urea groups is 1. The SMILES string of the molecule is Cc1ccc(/C=C2/NC(=O)N(CC(=O)Nc3ccccc3F)C2=O)cc1. The minimum atomic E-state index is -0.697. The summed E-state index contributed by atoms with van der Waals surface area (Å²) < 4.78 is 13.6. The van der Waals surface area contributed by atoms with Gasteiger partial charge in [-0.1, -0.05) is 42.0 Å². The van der Waals surface area contributed by atoms with E-state index in [0.29, 0.717) is 0 Å². The molecule has 6 nitrogen and oxygen atoms in total. The van der Waals surface area contributed by atoms with Crippen molar-refractivity contribution in [1.29, 1.82) is 0 Å². The number of aryl methyl sites for hydroxylation is 1. The highest BCUT2D eigenvalue weighted by Crippen LogP contribution is 2.16. The van der Waals surface area contributed by atoms with Crippen LogP contribution in [0.15, 0.2) is 54.2 Å². The molecule has 26 heavy (non-hydrogen) atoms. The predicted octanol–water partition coefficient (Wildman–Crippen LogP) is 2.67. The molecule has 1 fully saturated rings. The lowest BCUT2D eigenvalue weighted by molar-refractivity contribution is -0.127. The van der Waals surface area contributed by atoms with Crippen LogP contribution in [0.4, 0.5) is 14.9 Å². The first kappa shape index (κ1) is 17.3. The quantitative estimate of drug-likeness (QED) is 0.655. The summed E-state index contributed by atoms with van der Waals surface area (Å²) in [5.74, 6) is -1.88. The van der Waals surface area contributed by atoms with Gasteiger partial charge in [0.05, 0.1) is 5.69 Å². The molecule has 3 rings (SSSR count). The van der Waals surface area contributed by atoms with Gasteiger partial charge in [0.25, 0.3) is 5.91 Å². The molecule has 2 aromatic carbocycles. The van der Waals surface area contributed by atoms with Gasteiger partial charge in [0.1, 0.15) is 18.1 Å². The number of carbonyl (C=O) groups is 3. The molecule has 0 atom stereocenters. The topological polar surface area (TPSA) is 78.5 Å². The molecule has 2 N–H and O–H groups in total. The van der Waals surface area contributed by atoms with E-state index in [-0.39, 0.29) is 11.4 Å². The van der Waals surface area contributed by atoms with Crippen molar-refractivity contribution in [3.63, 3.8) is 0 Å². The second-order valence-corrected chi connectivity index (χ2v) is 5.82. The molecule has 7 heteroatoms. The number of rotatable bonds is 4. The van der Waals surface area contributed by atoms with Crippen molar-refractivity contribution in [2.45, 2.75) is 6.92 Å². The molecule has 1 heterocycles. The fourth-order valence-corrected chi connectivity index (χ4v) is 2.44. The maximum absolute atomic E-state index is 13.6. The number of imide groups is 1. The molecule has 1 aliphatic rings. The lowest BCUT2D eigenvalue weighted by Gasteiger charge is -2.12. The summed E-state index contributed by atoms with van der Waals surface area (Å²) in [6, 6.07) is 12.3. The first-order valence-electron chi connectivity index (χ1n) is 7.89. The molecular weight excluding hydrogens is 337 g/mol. The Morgan fingerprint density at radius 2 is 1.85 bits per heavy atom. The Morgan fingerprint density at radius 3 is 2.54 bits per heavy atom. The van der Waals surface area contributed by atoms with Crippen LogP contribution in [-0.2, 0) is 9.59 Å². The number of hydrogen-bond donors (Lipinski definition) is 2. The van der Waals surface area contributed by atoms with Crippen LogP contribution in [0.1, 0.15) is 11.1 Å². The van der Waals surface area contributed by atoms with E-state index in [0.717, 1.165) is 16.0 Å². The van der Waals surface area contributed by atoms with Crippen LogP contribution < -0.4 is 10.6 Å². The van der Waals surface area contributed by atoms with Crippen LogP contribution >= 0.6 is 0 Å². The number of para-hydroxylation sites is 1. The molecule has 1 aliphatic heterocycles. The van der Waals surface area contributed by atoms with Crippen LogP contribution in [0, 0.1) is 12.7 Å². The minimum absolute atomic E-state index is 0.0139. The van der Waals surface area contributed by atoms with Crippen molar-refractivity contribution >= 4 is 29.6 Å². The van der Waals surface area contributed by atoms with Gasteiger partial charge >= 0.3 is 6.03 Å². The van der Waals surface area contributed by atoms with Gasteiger partial charge in [-0.15, -0.1) is 0 Å². The van der Waals surface area contributed by atoms with Crippen LogP contribution in [0.2, 0.25) is 0 Å². The molecule has 0 aromatic heterocycles. The Hall–Kier alpha value is -3.48. The number of carbonyl (C=O) groups excluding carboxylic acids is 3. The number of halogens is 1. The summed E-state index contributed by atoms with van der Waals surface area (Å²) >= 11 is 0. The Labute approximate surface area is 149 Å². The van der Waals surface area contributed by atoms with Gasteiger partial charge in [0.15, 0.2) is 0 Å². The van der Waals surface area contributed by atoms with Gasteiger partial charge in [-0.3, -0.25) is 9.59 Å². The molecule has 1 saturated heterocycles. The molecule has 0 aliphatic carbocycles. The fraction of sp³-hybridized carbons (Fsp3) is 0.105. The standard InChI is InChI=1S/C19H16FN3O3/c1-12-6-8-13(9-7-12)10-16-18(25)23(19(26)22-16)11-17(24)21-15-5-3-2-4-14(15)20/h2-10H,11H2,1H3,(H,21,24)(H,22,26)/b16-10+. The Bertz CT molecular complexity index is 907. The third kappa shape index (κ3) is 3.77. The maximum atomic E-state index is 13.6. The van der Waals surface area contributed by atoms with E-state index in [1.807, 2.05) is 31.2 Å². The van der Waals surface area contributed by atoms with E-state index in [9.17, 15) is 18.8 Å². The predicted molar refractivity (Wildman–Crippen MR) is 94.4 cm³/mol. The highest BCUT2D eigenvalue weighted by atomic mass is 19.1.